The molecule has 0 aromatic carbocycles. The van der Waals surface area contributed by atoms with Gasteiger partial charge in [0.25, 0.3) is 0 Å². The molecule has 76 valence electrons. The highest BCUT2D eigenvalue weighted by Crippen LogP contribution is 2.60. The van der Waals surface area contributed by atoms with Crippen molar-refractivity contribution in [2.45, 2.75) is 45.1 Å². The van der Waals surface area contributed by atoms with E-state index < -0.39 is 0 Å². The van der Waals surface area contributed by atoms with E-state index in [1.165, 1.54) is 38.6 Å². The summed E-state index contributed by atoms with van der Waals surface area (Å²) in [5, 5.41) is 3.46. The lowest BCUT2D eigenvalue weighted by atomic mass is 9.82. The van der Waals surface area contributed by atoms with Crippen molar-refractivity contribution < 1.29 is 0 Å². The molecule has 1 atom stereocenters. The highest BCUT2D eigenvalue weighted by molar-refractivity contribution is 5.05. The number of hydrogen-bond acceptors (Lipinski definition) is 2. The van der Waals surface area contributed by atoms with E-state index in [0.717, 1.165) is 17.9 Å². The Morgan fingerprint density at radius 1 is 1.38 bits per heavy atom. The fourth-order valence-corrected chi connectivity index (χ4v) is 2.87. The molecule has 2 nitrogen and oxygen atoms in total. The number of nitrogens with one attached hydrogen (secondary N) is 1. The van der Waals surface area contributed by atoms with E-state index in [2.05, 4.69) is 12.2 Å². The summed E-state index contributed by atoms with van der Waals surface area (Å²) in [6.45, 7) is 4.55. The van der Waals surface area contributed by atoms with Crippen molar-refractivity contribution in [3.63, 3.8) is 0 Å². The monoisotopic (exact) mass is 182 g/mol. The van der Waals surface area contributed by atoms with Crippen LogP contribution in [-0.2, 0) is 0 Å². The molecule has 0 amide bonds. The Morgan fingerprint density at radius 2 is 2.08 bits per heavy atom. The first kappa shape index (κ1) is 9.47. The Balaban J connectivity index is 1.76. The van der Waals surface area contributed by atoms with Crippen LogP contribution in [0.25, 0.3) is 0 Å². The van der Waals surface area contributed by atoms with Gasteiger partial charge in [-0.15, -0.1) is 0 Å². The Kier molecular flexibility index (Phi) is 2.61. The summed E-state index contributed by atoms with van der Waals surface area (Å²) in [5.41, 5.74) is 6.65. The minimum atomic E-state index is 0.506. The zero-order chi connectivity index (χ0) is 9.31. The average Bonchev–Trinajstić information content (AvgIpc) is 2.82. The lowest BCUT2D eigenvalue weighted by Crippen LogP contribution is -2.29. The third-order valence-corrected chi connectivity index (χ3v) is 4.03. The quantitative estimate of drug-likeness (QED) is 0.694. The van der Waals surface area contributed by atoms with Gasteiger partial charge in [-0.1, -0.05) is 6.92 Å². The highest BCUT2D eigenvalue weighted by atomic mass is 14.9. The maximum Gasteiger partial charge on any atom is 0.00392 e. The molecule has 2 fully saturated rings. The van der Waals surface area contributed by atoms with Crippen molar-refractivity contribution >= 4 is 0 Å². The Morgan fingerprint density at radius 3 is 2.69 bits per heavy atom. The number of rotatable bonds is 3. The molecule has 0 aliphatic heterocycles. The number of nitrogens with two attached hydrogens (primary N) is 1. The topological polar surface area (TPSA) is 38.0 Å². The van der Waals surface area contributed by atoms with Crippen LogP contribution in [0.1, 0.15) is 39.0 Å². The predicted octanol–water partition coefficient (Wildman–Crippen LogP) is 1.50. The summed E-state index contributed by atoms with van der Waals surface area (Å²) in [4.78, 5) is 0. The summed E-state index contributed by atoms with van der Waals surface area (Å²) in [6, 6.07) is 0.506. The van der Waals surface area contributed by atoms with Gasteiger partial charge >= 0.3 is 0 Å². The Labute approximate surface area is 81.3 Å². The van der Waals surface area contributed by atoms with Crippen LogP contribution >= 0.6 is 0 Å². The van der Waals surface area contributed by atoms with Crippen molar-refractivity contribution in [2.24, 2.45) is 17.1 Å². The molecular formula is C11H22N2. The van der Waals surface area contributed by atoms with Crippen LogP contribution in [0.15, 0.2) is 0 Å². The highest BCUT2D eigenvalue weighted by Gasteiger charge is 2.53. The second kappa shape index (κ2) is 3.58. The van der Waals surface area contributed by atoms with E-state index in [-0.39, 0.29) is 0 Å². The summed E-state index contributed by atoms with van der Waals surface area (Å²) >= 11 is 0. The molecule has 0 aromatic rings. The normalized spacial score (nSPS) is 43.8. The van der Waals surface area contributed by atoms with Crippen molar-refractivity contribution in [2.75, 3.05) is 13.1 Å². The van der Waals surface area contributed by atoms with Gasteiger partial charge in [0.15, 0.2) is 0 Å². The van der Waals surface area contributed by atoms with E-state index >= 15 is 0 Å². The maximum atomic E-state index is 5.91. The van der Waals surface area contributed by atoms with Gasteiger partial charge in [-0.2, -0.15) is 0 Å². The summed E-state index contributed by atoms with van der Waals surface area (Å²) in [6.07, 6.45) is 6.78. The smallest absolute Gasteiger partial charge is 0.00392 e. The molecule has 0 saturated heterocycles. The lowest BCUT2D eigenvalue weighted by Gasteiger charge is -2.27. The largest absolute Gasteiger partial charge is 0.328 e. The second-order valence-electron chi connectivity index (χ2n) is 4.91. The second-order valence-corrected chi connectivity index (χ2v) is 4.91. The molecule has 0 aromatic heterocycles. The van der Waals surface area contributed by atoms with E-state index in [1.54, 1.807) is 0 Å². The van der Waals surface area contributed by atoms with Crippen LogP contribution in [0.5, 0.6) is 0 Å². The van der Waals surface area contributed by atoms with Crippen molar-refractivity contribution in [1.29, 1.82) is 0 Å². The standard InChI is InChI=1S/C11H22N2/c1-2-13-8-9-7-11(9)5-3-10(12)4-6-11/h9-10,13H,2-8,12H2,1H3. The maximum absolute atomic E-state index is 5.91. The molecule has 1 unspecified atom stereocenters. The molecule has 0 heterocycles. The van der Waals surface area contributed by atoms with Crippen LogP contribution in [0.2, 0.25) is 0 Å². The zero-order valence-electron chi connectivity index (χ0n) is 8.68. The molecule has 2 heteroatoms. The Hall–Kier alpha value is -0.0800. The van der Waals surface area contributed by atoms with E-state index in [1.807, 2.05) is 0 Å². The molecule has 1 spiro atoms. The summed E-state index contributed by atoms with van der Waals surface area (Å²) in [5.74, 6) is 0.972. The molecule has 3 N–H and O–H groups in total. The number of hydrogen-bond donors (Lipinski definition) is 2. The molecule has 0 bridgehead atoms. The van der Waals surface area contributed by atoms with Crippen LogP contribution in [0.3, 0.4) is 0 Å². The van der Waals surface area contributed by atoms with Crippen LogP contribution in [0.4, 0.5) is 0 Å². The molecule has 0 radical (unpaired) electrons. The van der Waals surface area contributed by atoms with Crippen LogP contribution in [-0.4, -0.2) is 19.1 Å². The third kappa shape index (κ3) is 1.89. The van der Waals surface area contributed by atoms with Gasteiger partial charge in [-0.3, -0.25) is 0 Å². The first-order chi connectivity index (χ1) is 6.27. The third-order valence-electron chi connectivity index (χ3n) is 4.03. The molecular weight excluding hydrogens is 160 g/mol. The first-order valence-electron chi connectivity index (χ1n) is 5.73. The fraction of sp³-hybridized carbons (Fsp3) is 1.00. The predicted molar refractivity (Wildman–Crippen MR) is 55.5 cm³/mol. The SMILES string of the molecule is CCNCC1CC12CCC(N)CC2. The van der Waals surface area contributed by atoms with Gasteiger partial charge in [0.05, 0.1) is 0 Å². The first-order valence-corrected chi connectivity index (χ1v) is 5.73. The average molecular weight is 182 g/mol. The van der Waals surface area contributed by atoms with Crippen molar-refractivity contribution in [1.82, 2.24) is 5.32 Å². The van der Waals surface area contributed by atoms with E-state index in [4.69, 9.17) is 5.73 Å². The van der Waals surface area contributed by atoms with Gasteiger partial charge in [0.1, 0.15) is 0 Å². The minimum absolute atomic E-state index is 0.506. The van der Waals surface area contributed by atoms with Crippen LogP contribution < -0.4 is 11.1 Å². The molecule has 2 saturated carbocycles. The molecule has 2 aliphatic rings. The minimum Gasteiger partial charge on any atom is -0.328 e. The van der Waals surface area contributed by atoms with Gasteiger partial charge in [-0.05, 0) is 56.5 Å². The summed E-state index contributed by atoms with van der Waals surface area (Å²) < 4.78 is 0. The van der Waals surface area contributed by atoms with Crippen LogP contribution in [0, 0.1) is 11.3 Å². The van der Waals surface area contributed by atoms with Gasteiger partial charge in [0.2, 0.25) is 0 Å². The van der Waals surface area contributed by atoms with Gasteiger partial charge in [0, 0.05) is 6.04 Å². The van der Waals surface area contributed by atoms with Crippen molar-refractivity contribution in [3.05, 3.63) is 0 Å². The molecule has 2 rings (SSSR count). The molecule has 13 heavy (non-hydrogen) atoms. The van der Waals surface area contributed by atoms with E-state index in [9.17, 15) is 0 Å². The summed E-state index contributed by atoms with van der Waals surface area (Å²) in [7, 11) is 0. The lowest BCUT2D eigenvalue weighted by molar-refractivity contribution is 0.280. The fourth-order valence-electron chi connectivity index (χ4n) is 2.87. The zero-order valence-corrected chi connectivity index (χ0v) is 8.68. The van der Waals surface area contributed by atoms with Gasteiger partial charge in [-0.25, -0.2) is 0 Å². The van der Waals surface area contributed by atoms with Crippen molar-refractivity contribution in [3.8, 4) is 0 Å². The van der Waals surface area contributed by atoms with E-state index in [0.29, 0.717) is 6.04 Å². The van der Waals surface area contributed by atoms with Gasteiger partial charge < -0.3 is 11.1 Å². The Bertz CT molecular complexity index is 171. The molecule has 2 aliphatic carbocycles.